The SMILES string of the molecule is CC1(C)c2ccccc2-c2cc(N(c3ccc(-c4cccc5cccc(-c6ccccc6)c45)cc3)c3ccc4c(c3)sc3cc(C56CC7CC(CC(C7)C5)C6)ccc34)ccc21. The second-order valence-corrected chi connectivity index (χ2v) is 20.6. The number of hydrogen-bond acceptors (Lipinski definition) is 2. The van der Waals surface area contributed by atoms with Crippen LogP contribution < -0.4 is 4.90 Å². The number of fused-ring (bicyclic) bond motifs is 7. The van der Waals surface area contributed by atoms with E-state index in [0.29, 0.717) is 5.41 Å². The van der Waals surface area contributed by atoms with Gasteiger partial charge in [0.15, 0.2) is 0 Å². The number of benzene rings is 8. The van der Waals surface area contributed by atoms with Crippen LogP contribution in [0.2, 0.25) is 0 Å². The maximum Gasteiger partial charge on any atom is 0.0476 e. The largest absolute Gasteiger partial charge is 0.310 e. The van der Waals surface area contributed by atoms with E-state index in [2.05, 4.69) is 189 Å². The Morgan fingerprint density at radius 2 is 1.02 bits per heavy atom. The average Bonchev–Trinajstić information content (AvgIpc) is 3.76. The van der Waals surface area contributed by atoms with Gasteiger partial charge in [-0.3, -0.25) is 0 Å². The molecule has 1 heterocycles. The molecule has 0 N–H and O–H groups in total. The van der Waals surface area contributed by atoms with Gasteiger partial charge in [-0.05, 0) is 165 Å². The Morgan fingerprint density at radius 1 is 0.459 bits per heavy atom. The molecule has 0 saturated heterocycles. The van der Waals surface area contributed by atoms with E-state index in [0.717, 1.165) is 23.4 Å². The van der Waals surface area contributed by atoms with Crippen molar-refractivity contribution in [3.63, 3.8) is 0 Å². The molecule has 296 valence electrons. The predicted octanol–water partition coefficient (Wildman–Crippen LogP) is 16.8. The van der Waals surface area contributed by atoms with Gasteiger partial charge in [0, 0.05) is 42.6 Å². The molecule has 4 bridgehead atoms. The van der Waals surface area contributed by atoms with E-state index in [1.54, 1.807) is 5.56 Å². The van der Waals surface area contributed by atoms with Crippen LogP contribution in [0.1, 0.15) is 69.1 Å². The summed E-state index contributed by atoms with van der Waals surface area (Å²) >= 11 is 1.99. The number of rotatable bonds is 6. The van der Waals surface area contributed by atoms with Crippen LogP contribution in [0, 0.1) is 17.8 Å². The number of thiophene rings is 1. The molecule has 0 unspecified atom stereocenters. The van der Waals surface area contributed by atoms with Crippen molar-refractivity contribution in [1.29, 1.82) is 0 Å². The van der Waals surface area contributed by atoms with Gasteiger partial charge >= 0.3 is 0 Å². The van der Waals surface area contributed by atoms with Crippen LogP contribution >= 0.6 is 11.3 Å². The minimum absolute atomic E-state index is 0.0426. The quantitative estimate of drug-likeness (QED) is 0.162. The first-order chi connectivity index (χ1) is 29.9. The summed E-state index contributed by atoms with van der Waals surface area (Å²) in [6.07, 6.45) is 8.68. The van der Waals surface area contributed by atoms with Crippen molar-refractivity contribution >= 4 is 59.3 Å². The zero-order valence-corrected chi connectivity index (χ0v) is 35.8. The summed E-state index contributed by atoms with van der Waals surface area (Å²) in [4.78, 5) is 2.49. The molecule has 8 aromatic carbocycles. The fourth-order valence-corrected chi connectivity index (χ4v) is 14.4. The lowest BCUT2D eigenvalue weighted by Crippen LogP contribution is -2.48. The third-order valence-corrected chi connectivity index (χ3v) is 16.7. The number of nitrogens with zero attached hydrogens (tertiary/aromatic N) is 1. The van der Waals surface area contributed by atoms with Crippen molar-refractivity contribution < 1.29 is 0 Å². The molecule has 4 fully saturated rings. The fourth-order valence-electron chi connectivity index (χ4n) is 13.2. The second kappa shape index (κ2) is 13.3. The van der Waals surface area contributed by atoms with E-state index in [-0.39, 0.29) is 5.41 Å². The molecular weight excluding hydrogens is 755 g/mol. The number of hydrogen-bond donors (Lipinski definition) is 0. The molecule has 4 saturated carbocycles. The first-order valence-corrected chi connectivity index (χ1v) is 23.4. The van der Waals surface area contributed by atoms with Gasteiger partial charge in [-0.15, -0.1) is 11.3 Å². The van der Waals surface area contributed by atoms with Gasteiger partial charge in [0.05, 0.1) is 0 Å². The highest BCUT2D eigenvalue weighted by atomic mass is 32.1. The lowest BCUT2D eigenvalue weighted by molar-refractivity contribution is -0.00512. The van der Waals surface area contributed by atoms with E-state index in [1.807, 2.05) is 11.3 Å². The summed E-state index contributed by atoms with van der Waals surface area (Å²) < 4.78 is 2.80. The monoisotopic (exact) mass is 803 g/mol. The van der Waals surface area contributed by atoms with Crippen molar-refractivity contribution in [2.75, 3.05) is 4.90 Å². The van der Waals surface area contributed by atoms with Crippen LogP contribution in [-0.2, 0) is 10.8 Å². The Balaban J connectivity index is 0.940. The molecule has 1 aromatic heterocycles. The van der Waals surface area contributed by atoms with Gasteiger partial charge in [-0.1, -0.05) is 141 Å². The van der Waals surface area contributed by atoms with Crippen molar-refractivity contribution in [2.45, 2.75) is 63.2 Å². The Bertz CT molecular complexity index is 3160. The molecule has 0 amide bonds. The summed E-state index contributed by atoms with van der Waals surface area (Å²) in [7, 11) is 0. The van der Waals surface area contributed by atoms with Crippen molar-refractivity contribution in [3.05, 3.63) is 187 Å². The average molecular weight is 804 g/mol. The van der Waals surface area contributed by atoms with Gasteiger partial charge in [0.1, 0.15) is 0 Å². The molecule has 0 spiro atoms. The van der Waals surface area contributed by atoms with E-state index in [1.165, 1.54) is 125 Å². The second-order valence-electron chi connectivity index (χ2n) is 19.5. The van der Waals surface area contributed by atoms with Crippen LogP contribution in [0.25, 0.3) is 64.3 Å². The highest BCUT2D eigenvalue weighted by Gasteiger charge is 2.51. The summed E-state index contributed by atoms with van der Waals surface area (Å²) in [5, 5.41) is 5.32. The lowest BCUT2D eigenvalue weighted by atomic mass is 9.48. The Kier molecular flexibility index (Phi) is 7.78. The van der Waals surface area contributed by atoms with Gasteiger partial charge < -0.3 is 4.90 Å². The highest BCUT2D eigenvalue weighted by Crippen LogP contribution is 2.61. The minimum Gasteiger partial charge on any atom is -0.310 e. The van der Waals surface area contributed by atoms with Crippen molar-refractivity contribution in [1.82, 2.24) is 0 Å². The van der Waals surface area contributed by atoms with Gasteiger partial charge in [0.25, 0.3) is 0 Å². The Morgan fingerprint density at radius 3 is 1.74 bits per heavy atom. The highest BCUT2D eigenvalue weighted by molar-refractivity contribution is 7.25. The zero-order chi connectivity index (χ0) is 40.5. The van der Waals surface area contributed by atoms with Crippen LogP contribution in [0.3, 0.4) is 0 Å². The van der Waals surface area contributed by atoms with Gasteiger partial charge in [0.2, 0.25) is 0 Å². The molecule has 0 radical (unpaired) electrons. The summed E-state index contributed by atoms with van der Waals surface area (Å²) in [6, 6.07) is 64.5. The molecule has 1 nitrogen and oxygen atoms in total. The summed E-state index contributed by atoms with van der Waals surface area (Å²) in [5.41, 5.74) is 16.0. The molecule has 9 aromatic rings. The topological polar surface area (TPSA) is 3.24 Å². The first kappa shape index (κ1) is 35.8. The normalized spacial score (nSPS) is 21.9. The molecule has 2 heteroatoms. The standard InChI is InChI=1S/C59H49NS/c1-58(2)53-17-7-6-14-49(53)52-32-45(24-27-54(52)58)60(44-21-18-41(19-22-44)48-16-9-13-42-12-8-15-47(57(42)48)40-10-4-3-5-11-40)46-23-26-51-50-25-20-43(31-55(50)61-56(51)33-46)59-34-37-28-38(35-59)30-39(29-37)36-59/h3-27,31-33,37-39H,28-30,34-36H2,1-2H3. The minimum atomic E-state index is -0.0426. The Hall–Kier alpha value is -5.96. The van der Waals surface area contributed by atoms with Crippen LogP contribution in [0.4, 0.5) is 17.1 Å². The van der Waals surface area contributed by atoms with Gasteiger partial charge in [-0.25, -0.2) is 0 Å². The zero-order valence-electron chi connectivity index (χ0n) is 35.0. The maximum atomic E-state index is 2.61. The molecule has 14 rings (SSSR count). The van der Waals surface area contributed by atoms with Crippen molar-refractivity contribution in [2.24, 2.45) is 17.8 Å². The van der Waals surface area contributed by atoms with Gasteiger partial charge in [-0.2, -0.15) is 0 Å². The Labute approximate surface area is 363 Å². The predicted molar refractivity (Wildman–Crippen MR) is 260 cm³/mol. The van der Waals surface area contributed by atoms with Crippen LogP contribution in [0.5, 0.6) is 0 Å². The molecule has 5 aliphatic carbocycles. The molecule has 5 aliphatic rings. The van der Waals surface area contributed by atoms with Crippen LogP contribution in [0.15, 0.2) is 170 Å². The van der Waals surface area contributed by atoms with E-state index < -0.39 is 0 Å². The number of anilines is 3. The molecular formula is C59H49NS. The molecule has 0 aliphatic heterocycles. The van der Waals surface area contributed by atoms with E-state index in [9.17, 15) is 0 Å². The maximum absolute atomic E-state index is 2.61. The molecule has 61 heavy (non-hydrogen) atoms. The van der Waals surface area contributed by atoms with Crippen LogP contribution in [-0.4, -0.2) is 0 Å². The summed E-state index contributed by atoms with van der Waals surface area (Å²) in [5.74, 6) is 2.85. The smallest absolute Gasteiger partial charge is 0.0476 e. The lowest BCUT2D eigenvalue weighted by Gasteiger charge is -2.57. The first-order valence-electron chi connectivity index (χ1n) is 22.6. The van der Waals surface area contributed by atoms with E-state index >= 15 is 0 Å². The third kappa shape index (κ3) is 5.51. The molecule has 0 atom stereocenters. The van der Waals surface area contributed by atoms with Crippen molar-refractivity contribution in [3.8, 4) is 33.4 Å². The van der Waals surface area contributed by atoms with E-state index in [4.69, 9.17) is 0 Å². The fraction of sp³-hybridized carbons (Fsp3) is 0.220. The third-order valence-electron chi connectivity index (χ3n) is 15.6. The summed E-state index contributed by atoms with van der Waals surface area (Å²) in [6.45, 7) is 4.74.